The highest BCUT2D eigenvalue weighted by molar-refractivity contribution is 5.94. The molecule has 4 aliphatic carbocycles. The molecule has 0 saturated heterocycles. The van der Waals surface area contributed by atoms with Crippen LogP contribution in [0.15, 0.2) is 18.2 Å². The minimum absolute atomic E-state index is 0.233. The van der Waals surface area contributed by atoms with Crippen molar-refractivity contribution in [3.63, 3.8) is 0 Å². The molecule has 1 aromatic rings. The average molecular weight is 310 g/mol. The van der Waals surface area contributed by atoms with Crippen LogP contribution in [0, 0.1) is 23.7 Å². The highest BCUT2D eigenvalue weighted by Gasteiger charge is 2.50. The Hall–Kier alpha value is -1.35. The normalized spacial score (nSPS) is 37.0. The van der Waals surface area contributed by atoms with E-state index in [0.717, 1.165) is 42.3 Å². The van der Waals surface area contributed by atoms with E-state index in [0.29, 0.717) is 6.04 Å². The molecule has 4 saturated carbocycles. The molecule has 1 aromatic carbocycles. The van der Waals surface area contributed by atoms with E-state index < -0.39 is 0 Å². The first-order valence-corrected chi connectivity index (χ1v) is 9.28. The number of benzene rings is 1. The van der Waals surface area contributed by atoms with Gasteiger partial charge in [-0.15, -0.1) is 0 Å². The molecular formula is C20H26N2O. The zero-order valence-electron chi connectivity index (χ0n) is 13.9. The predicted octanol–water partition coefficient (Wildman–Crippen LogP) is 3.19. The quantitative estimate of drug-likeness (QED) is 0.910. The number of carbonyl (C=O) groups is 1. The Morgan fingerprint density at radius 2 is 1.65 bits per heavy atom. The lowest BCUT2D eigenvalue weighted by molar-refractivity contribution is -0.0491. The van der Waals surface area contributed by atoms with Crippen LogP contribution in [0.3, 0.4) is 0 Å². The Morgan fingerprint density at radius 1 is 1.00 bits per heavy atom. The average Bonchev–Trinajstić information content (AvgIpc) is 3.00. The van der Waals surface area contributed by atoms with Crippen LogP contribution >= 0.6 is 0 Å². The van der Waals surface area contributed by atoms with Crippen molar-refractivity contribution in [3.8, 4) is 0 Å². The van der Waals surface area contributed by atoms with Crippen LogP contribution < -0.4 is 5.32 Å². The van der Waals surface area contributed by atoms with Crippen LogP contribution in [0.5, 0.6) is 0 Å². The van der Waals surface area contributed by atoms with Gasteiger partial charge in [0.05, 0.1) is 0 Å². The summed E-state index contributed by atoms with van der Waals surface area (Å²) >= 11 is 0. The monoisotopic (exact) mass is 310 g/mol. The number of nitrogens with zero attached hydrogens (tertiary/aromatic N) is 1. The maximum Gasteiger partial charge on any atom is 0.253 e. The molecule has 0 spiro atoms. The van der Waals surface area contributed by atoms with Crippen molar-refractivity contribution in [2.75, 3.05) is 7.05 Å². The van der Waals surface area contributed by atoms with E-state index in [1.54, 1.807) is 0 Å². The van der Waals surface area contributed by atoms with Crippen molar-refractivity contribution in [1.82, 2.24) is 10.2 Å². The number of hydrogen-bond donors (Lipinski definition) is 1. The van der Waals surface area contributed by atoms with Crippen LogP contribution in [0.1, 0.15) is 53.6 Å². The molecule has 1 aliphatic heterocycles. The summed E-state index contributed by atoms with van der Waals surface area (Å²) in [4.78, 5) is 15.2. The Bertz CT molecular complexity index is 625. The van der Waals surface area contributed by atoms with Gasteiger partial charge in [-0.05, 0) is 79.0 Å². The number of hydrogen-bond acceptors (Lipinski definition) is 2. The van der Waals surface area contributed by atoms with Crippen LogP contribution in [0.25, 0.3) is 0 Å². The van der Waals surface area contributed by atoms with E-state index in [4.69, 9.17) is 0 Å². The lowest BCUT2D eigenvalue weighted by Gasteiger charge is -2.56. The van der Waals surface area contributed by atoms with Gasteiger partial charge in [0, 0.05) is 31.7 Å². The predicted molar refractivity (Wildman–Crippen MR) is 89.9 cm³/mol. The minimum Gasteiger partial charge on any atom is -0.338 e. The second-order valence-corrected chi connectivity index (χ2v) is 8.42. The third-order valence-electron chi connectivity index (χ3n) is 7.03. The van der Waals surface area contributed by atoms with Gasteiger partial charge >= 0.3 is 0 Å². The Balaban J connectivity index is 1.40. The smallest absolute Gasteiger partial charge is 0.253 e. The number of carbonyl (C=O) groups excluding carboxylic acids is 1. The maximum absolute atomic E-state index is 13.1. The lowest BCUT2D eigenvalue weighted by atomic mass is 9.54. The third-order valence-corrected chi connectivity index (χ3v) is 7.03. The van der Waals surface area contributed by atoms with Crippen LogP contribution in [-0.2, 0) is 13.1 Å². The lowest BCUT2D eigenvalue weighted by Crippen LogP contribution is -2.56. The van der Waals surface area contributed by atoms with E-state index in [9.17, 15) is 4.79 Å². The first-order valence-electron chi connectivity index (χ1n) is 9.28. The summed E-state index contributed by atoms with van der Waals surface area (Å²) in [5.41, 5.74) is 3.52. The molecule has 23 heavy (non-hydrogen) atoms. The van der Waals surface area contributed by atoms with Gasteiger partial charge in [-0.3, -0.25) is 4.79 Å². The van der Waals surface area contributed by atoms with Crippen molar-refractivity contribution < 1.29 is 4.79 Å². The highest BCUT2D eigenvalue weighted by Crippen LogP contribution is 2.55. The Labute approximate surface area is 138 Å². The second kappa shape index (κ2) is 5.07. The molecule has 122 valence electrons. The molecule has 0 atom stereocenters. The summed E-state index contributed by atoms with van der Waals surface area (Å²) in [6.07, 6.45) is 6.93. The molecule has 3 nitrogen and oxygen atoms in total. The van der Waals surface area contributed by atoms with Gasteiger partial charge in [0.1, 0.15) is 0 Å². The molecule has 0 aromatic heterocycles. The second-order valence-electron chi connectivity index (χ2n) is 8.42. The molecule has 5 aliphatic rings. The van der Waals surface area contributed by atoms with E-state index in [1.807, 2.05) is 6.07 Å². The van der Waals surface area contributed by atoms with Crippen molar-refractivity contribution in [2.24, 2.45) is 23.7 Å². The Morgan fingerprint density at radius 3 is 2.35 bits per heavy atom. The molecule has 1 N–H and O–H groups in total. The SMILES string of the molecule is CN(C(=O)c1ccc2c(c1)CNC2)C1C2CC3CC(C2)CC1C3. The first kappa shape index (κ1) is 14.0. The van der Waals surface area contributed by atoms with Gasteiger partial charge in [-0.25, -0.2) is 0 Å². The topological polar surface area (TPSA) is 32.3 Å². The summed E-state index contributed by atoms with van der Waals surface area (Å²) in [7, 11) is 2.06. The highest BCUT2D eigenvalue weighted by atomic mass is 16.2. The number of fused-ring (bicyclic) bond motifs is 1. The zero-order chi connectivity index (χ0) is 15.6. The van der Waals surface area contributed by atoms with Gasteiger partial charge < -0.3 is 10.2 Å². The standard InChI is InChI=1S/C20H26N2O/c1-22(19-16-5-12-4-13(7-16)8-17(19)6-12)20(23)14-2-3-15-10-21-11-18(15)9-14/h2-3,9,12-13,16-17,19,21H,4-8,10-11H2,1H3. The fourth-order valence-electron chi connectivity index (χ4n) is 6.30. The molecule has 1 amide bonds. The van der Waals surface area contributed by atoms with Gasteiger partial charge in [0.15, 0.2) is 0 Å². The summed E-state index contributed by atoms with van der Waals surface area (Å²) in [6, 6.07) is 6.76. The van der Waals surface area contributed by atoms with Crippen molar-refractivity contribution in [1.29, 1.82) is 0 Å². The Kier molecular flexibility index (Phi) is 3.09. The largest absolute Gasteiger partial charge is 0.338 e. The third kappa shape index (κ3) is 2.16. The zero-order valence-corrected chi connectivity index (χ0v) is 13.9. The van der Waals surface area contributed by atoms with E-state index >= 15 is 0 Å². The fourth-order valence-corrected chi connectivity index (χ4v) is 6.30. The minimum atomic E-state index is 0.233. The summed E-state index contributed by atoms with van der Waals surface area (Å²) in [6.45, 7) is 1.84. The number of amides is 1. The van der Waals surface area contributed by atoms with E-state index in [-0.39, 0.29) is 5.91 Å². The number of rotatable bonds is 2. The molecule has 4 bridgehead atoms. The fraction of sp³-hybridized carbons (Fsp3) is 0.650. The van der Waals surface area contributed by atoms with Gasteiger partial charge in [-0.2, -0.15) is 0 Å². The molecule has 0 radical (unpaired) electrons. The molecule has 1 heterocycles. The first-order chi connectivity index (χ1) is 11.2. The van der Waals surface area contributed by atoms with Gasteiger partial charge in [-0.1, -0.05) is 6.07 Å². The van der Waals surface area contributed by atoms with Crippen LogP contribution in [-0.4, -0.2) is 23.9 Å². The van der Waals surface area contributed by atoms with Crippen molar-refractivity contribution in [2.45, 2.75) is 51.2 Å². The summed E-state index contributed by atoms with van der Waals surface area (Å²) < 4.78 is 0. The van der Waals surface area contributed by atoms with Crippen LogP contribution in [0.4, 0.5) is 0 Å². The van der Waals surface area contributed by atoms with Gasteiger partial charge in [0.25, 0.3) is 5.91 Å². The number of nitrogens with one attached hydrogen (secondary N) is 1. The van der Waals surface area contributed by atoms with Crippen molar-refractivity contribution in [3.05, 3.63) is 34.9 Å². The molecule has 4 fully saturated rings. The van der Waals surface area contributed by atoms with E-state index in [2.05, 4.69) is 29.4 Å². The van der Waals surface area contributed by atoms with Crippen LogP contribution in [0.2, 0.25) is 0 Å². The summed E-state index contributed by atoms with van der Waals surface area (Å²) in [5.74, 6) is 3.68. The summed E-state index contributed by atoms with van der Waals surface area (Å²) in [5, 5.41) is 3.36. The molecule has 0 unspecified atom stereocenters. The van der Waals surface area contributed by atoms with Crippen molar-refractivity contribution >= 4 is 5.91 Å². The molecule has 3 heteroatoms. The van der Waals surface area contributed by atoms with E-state index in [1.165, 1.54) is 43.2 Å². The maximum atomic E-state index is 13.1. The van der Waals surface area contributed by atoms with Gasteiger partial charge in [0.2, 0.25) is 0 Å². The molecular weight excluding hydrogens is 284 g/mol. The molecule has 6 rings (SSSR count).